The summed E-state index contributed by atoms with van der Waals surface area (Å²) >= 11 is 0. The van der Waals surface area contributed by atoms with Crippen LogP contribution in [0.2, 0.25) is 0 Å². The molecule has 6 heteroatoms. The van der Waals surface area contributed by atoms with Crippen molar-refractivity contribution in [1.29, 1.82) is 0 Å². The second-order valence-electron chi connectivity index (χ2n) is 7.58. The van der Waals surface area contributed by atoms with Crippen molar-refractivity contribution in [2.45, 2.75) is 39.3 Å². The number of carbonyl (C=O) groups is 2. The summed E-state index contributed by atoms with van der Waals surface area (Å²) in [6.45, 7) is 6.29. The highest BCUT2D eigenvalue weighted by Gasteiger charge is 2.29. The first-order valence-corrected chi connectivity index (χ1v) is 9.82. The van der Waals surface area contributed by atoms with E-state index in [1.807, 2.05) is 49.1 Å². The molecule has 0 radical (unpaired) electrons. The van der Waals surface area contributed by atoms with E-state index in [9.17, 15) is 9.59 Å². The summed E-state index contributed by atoms with van der Waals surface area (Å²) in [5.74, 6) is 0.673. The number of ether oxygens (including phenoxy) is 1. The van der Waals surface area contributed by atoms with Crippen molar-refractivity contribution in [3.05, 3.63) is 58.9 Å². The van der Waals surface area contributed by atoms with Gasteiger partial charge in [0.1, 0.15) is 18.1 Å². The molecule has 1 aromatic carbocycles. The molecule has 1 fully saturated rings. The third kappa shape index (κ3) is 3.46. The van der Waals surface area contributed by atoms with Crippen molar-refractivity contribution in [3.63, 3.8) is 0 Å². The molecule has 1 atom stereocenters. The maximum Gasteiger partial charge on any atom is 0.273 e. The molecule has 4 rings (SSSR count). The quantitative estimate of drug-likeness (QED) is 0.805. The Hall–Kier alpha value is -2.89. The molecule has 0 saturated carbocycles. The van der Waals surface area contributed by atoms with Crippen LogP contribution in [0, 0.1) is 6.92 Å². The van der Waals surface area contributed by atoms with Crippen LogP contribution in [0.5, 0.6) is 5.75 Å². The number of nitrogens with zero attached hydrogens (tertiary/aromatic N) is 3. The van der Waals surface area contributed by atoms with Crippen LogP contribution in [-0.2, 0) is 6.54 Å². The standard InChI is InChI=1S/C22H25N3O3/c1-15-6-5-9-23-20(15)22(27)25-13-18-12-17(21(26)24-10-3-4-11-24)7-8-19(18)28-14-16(25)2/h5-9,12,16H,3-4,10-11,13-14H2,1-2H3/t16-/m0/s1. The molecule has 0 aliphatic carbocycles. The van der Waals surface area contributed by atoms with Crippen molar-refractivity contribution in [2.75, 3.05) is 19.7 Å². The van der Waals surface area contributed by atoms with E-state index in [0.717, 1.165) is 42.8 Å². The van der Waals surface area contributed by atoms with Crippen molar-refractivity contribution in [2.24, 2.45) is 0 Å². The highest BCUT2D eigenvalue weighted by atomic mass is 16.5. The topological polar surface area (TPSA) is 62.7 Å². The number of amides is 2. The Morgan fingerprint density at radius 1 is 1.14 bits per heavy atom. The molecule has 0 unspecified atom stereocenters. The van der Waals surface area contributed by atoms with Gasteiger partial charge in [0.05, 0.1) is 12.6 Å². The summed E-state index contributed by atoms with van der Waals surface area (Å²) in [4.78, 5) is 33.9. The predicted molar refractivity (Wildman–Crippen MR) is 105 cm³/mol. The Labute approximate surface area is 165 Å². The van der Waals surface area contributed by atoms with Gasteiger partial charge in [-0.05, 0) is 56.5 Å². The summed E-state index contributed by atoms with van der Waals surface area (Å²) in [5, 5.41) is 0. The van der Waals surface area contributed by atoms with Gasteiger partial charge in [0.25, 0.3) is 11.8 Å². The molecule has 0 spiro atoms. The Balaban J connectivity index is 1.63. The van der Waals surface area contributed by atoms with Gasteiger partial charge in [0, 0.05) is 30.4 Å². The monoisotopic (exact) mass is 379 g/mol. The van der Waals surface area contributed by atoms with Gasteiger partial charge in [0.2, 0.25) is 0 Å². The molecule has 6 nitrogen and oxygen atoms in total. The molecule has 28 heavy (non-hydrogen) atoms. The van der Waals surface area contributed by atoms with Gasteiger partial charge in [-0.1, -0.05) is 6.07 Å². The normalized spacial score (nSPS) is 19.0. The zero-order valence-electron chi connectivity index (χ0n) is 16.4. The molecule has 146 valence electrons. The van der Waals surface area contributed by atoms with E-state index in [0.29, 0.717) is 24.4 Å². The van der Waals surface area contributed by atoms with Gasteiger partial charge in [-0.2, -0.15) is 0 Å². The lowest BCUT2D eigenvalue weighted by Crippen LogP contribution is -2.40. The summed E-state index contributed by atoms with van der Waals surface area (Å²) in [5.41, 5.74) is 2.82. The smallest absolute Gasteiger partial charge is 0.273 e. The molecular weight excluding hydrogens is 354 g/mol. The predicted octanol–water partition coefficient (Wildman–Crippen LogP) is 3.05. The molecule has 2 aliphatic heterocycles. The SMILES string of the molecule is Cc1cccnc1C(=O)N1Cc2cc(C(=O)N3CCCC3)ccc2OC[C@@H]1C. The average Bonchev–Trinajstić information content (AvgIpc) is 3.19. The van der Waals surface area contributed by atoms with Gasteiger partial charge in [0.15, 0.2) is 0 Å². The molecule has 3 heterocycles. The van der Waals surface area contributed by atoms with E-state index in [1.165, 1.54) is 0 Å². The number of likely N-dealkylation sites (tertiary alicyclic amines) is 1. The number of aromatic nitrogens is 1. The number of rotatable bonds is 2. The number of fused-ring (bicyclic) bond motifs is 1. The zero-order valence-corrected chi connectivity index (χ0v) is 16.4. The van der Waals surface area contributed by atoms with Crippen LogP contribution in [0.25, 0.3) is 0 Å². The van der Waals surface area contributed by atoms with E-state index in [1.54, 1.807) is 11.1 Å². The van der Waals surface area contributed by atoms with Crippen LogP contribution >= 0.6 is 0 Å². The van der Waals surface area contributed by atoms with Gasteiger partial charge in [-0.15, -0.1) is 0 Å². The first-order valence-electron chi connectivity index (χ1n) is 9.82. The van der Waals surface area contributed by atoms with Crippen molar-refractivity contribution in [1.82, 2.24) is 14.8 Å². The molecule has 1 aromatic heterocycles. The van der Waals surface area contributed by atoms with Gasteiger partial charge < -0.3 is 14.5 Å². The largest absolute Gasteiger partial charge is 0.491 e. The van der Waals surface area contributed by atoms with Crippen molar-refractivity contribution in [3.8, 4) is 5.75 Å². The summed E-state index contributed by atoms with van der Waals surface area (Å²) < 4.78 is 5.93. The van der Waals surface area contributed by atoms with Crippen LogP contribution in [-0.4, -0.2) is 52.3 Å². The first-order chi connectivity index (χ1) is 13.5. The van der Waals surface area contributed by atoms with Crippen LogP contribution in [0.3, 0.4) is 0 Å². The van der Waals surface area contributed by atoms with Crippen molar-refractivity contribution < 1.29 is 14.3 Å². The van der Waals surface area contributed by atoms with E-state index in [2.05, 4.69) is 4.98 Å². The maximum atomic E-state index is 13.2. The fourth-order valence-electron chi connectivity index (χ4n) is 3.84. The lowest BCUT2D eigenvalue weighted by Gasteiger charge is -2.26. The molecule has 2 amide bonds. The van der Waals surface area contributed by atoms with E-state index >= 15 is 0 Å². The lowest BCUT2D eigenvalue weighted by atomic mass is 10.1. The van der Waals surface area contributed by atoms with Crippen LogP contribution in [0.4, 0.5) is 0 Å². The Morgan fingerprint density at radius 3 is 2.68 bits per heavy atom. The minimum Gasteiger partial charge on any atom is -0.491 e. The summed E-state index contributed by atoms with van der Waals surface area (Å²) in [7, 11) is 0. The molecule has 2 aromatic rings. The fraction of sp³-hybridized carbons (Fsp3) is 0.409. The number of aryl methyl sites for hydroxylation is 1. The minimum atomic E-state index is -0.113. The molecule has 1 saturated heterocycles. The molecule has 0 bridgehead atoms. The summed E-state index contributed by atoms with van der Waals surface area (Å²) in [6, 6.07) is 9.17. The average molecular weight is 379 g/mol. The second kappa shape index (κ2) is 7.62. The Morgan fingerprint density at radius 2 is 1.93 bits per heavy atom. The molecular formula is C22H25N3O3. The number of benzene rings is 1. The van der Waals surface area contributed by atoms with Crippen molar-refractivity contribution >= 4 is 11.8 Å². The van der Waals surface area contributed by atoms with Crippen LogP contribution in [0.15, 0.2) is 36.5 Å². The van der Waals surface area contributed by atoms with Gasteiger partial charge >= 0.3 is 0 Å². The molecule has 0 N–H and O–H groups in total. The summed E-state index contributed by atoms with van der Waals surface area (Å²) in [6.07, 6.45) is 3.76. The highest BCUT2D eigenvalue weighted by Crippen LogP contribution is 2.28. The number of pyridine rings is 1. The number of hydrogen-bond donors (Lipinski definition) is 0. The van der Waals surface area contributed by atoms with E-state index < -0.39 is 0 Å². The number of carbonyl (C=O) groups excluding carboxylic acids is 2. The first kappa shape index (κ1) is 18.5. The van der Waals surface area contributed by atoms with E-state index in [-0.39, 0.29) is 17.9 Å². The van der Waals surface area contributed by atoms with Gasteiger partial charge in [-0.25, -0.2) is 0 Å². The third-order valence-electron chi connectivity index (χ3n) is 5.53. The second-order valence-corrected chi connectivity index (χ2v) is 7.58. The van der Waals surface area contributed by atoms with Gasteiger partial charge in [-0.3, -0.25) is 14.6 Å². The Bertz CT molecular complexity index is 906. The van der Waals surface area contributed by atoms with Crippen LogP contribution < -0.4 is 4.74 Å². The van der Waals surface area contributed by atoms with E-state index in [4.69, 9.17) is 4.74 Å². The zero-order chi connectivity index (χ0) is 19.7. The van der Waals surface area contributed by atoms with Crippen LogP contribution in [0.1, 0.15) is 51.7 Å². The maximum absolute atomic E-state index is 13.2. The molecule has 2 aliphatic rings. The highest BCUT2D eigenvalue weighted by molar-refractivity contribution is 5.95. The third-order valence-corrected chi connectivity index (χ3v) is 5.53. The Kier molecular flexibility index (Phi) is 5.03. The lowest BCUT2D eigenvalue weighted by molar-refractivity contribution is 0.0638. The minimum absolute atomic E-state index is 0.0519. The number of hydrogen-bond acceptors (Lipinski definition) is 4. The fourth-order valence-corrected chi connectivity index (χ4v) is 3.84.